The van der Waals surface area contributed by atoms with Crippen molar-refractivity contribution >= 4 is 18.0 Å². The molecule has 0 fully saturated rings. The van der Waals surface area contributed by atoms with Gasteiger partial charge in [-0.3, -0.25) is 4.98 Å². The first kappa shape index (κ1) is 22.3. The fraction of sp³-hybridized carbons (Fsp3) is 0.500. The molecule has 9 nitrogen and oxygen atoms in total. The van der Waals surface area contributed by atoms with Crippen molar-refractivity contribution in [1.82, 2.24) is 14.8 Å². The van der Waals surface area contributed by atoms with Gasteiger partial charge in [0, 0.05) is 26.8 Å². The van der Waals surface area contributed by atoms with Crippen molar-refractivity contribution in [3.63, 3.8) is 0 Å². The summed E-state index contributed by atoms with van der Waals surface area (Å²) in [4.78, 5) is 37.7. The maximum atomic E-state index is 11.6. The minimum absolute atomic E-state index is 0.384. The fourth-order valence-electron chi connectivity index (χ4n) is 1.58. The molecule has 1 aromatic heterocycles. The zero-order chi connectivity index (χ0) is 19.4. The number of unbranched alkanes of at least 4 members (excludes halogenated alkanes) is 1. The predicted molar refractivity (Wildman–Crippen MR) is 90.5 cm³/mol. The van der Waals surface area contributed by atoms with Crippen LogP contribution in [0, 0.1) is 0 Å². The zero-order valence-corrected chi connectivity index (χ0v) is 14.9. The highest BCUT2D eigenvalue weighted by atomic mass is 16.6. The minimum atomic E-state index is -1.82. The van der Waals surface area contributed by atoms with Gasteiger partial charge in [0.2, 0.25) is 0 Å². The summed E-state index contributed by atoms with van der Waals surface area (Å²) in [5.41, 5.74) is 0.788. The van der Waals surface area contributed by atoms with E-state index in [2.05, 4.69) is 16.8 Å². The molecule has 1 heterocycles. The van der Waals surface area contributed by atoms with E-state index >= 15 is 0 Å². The standard InChI is InChI=1S/C14H23N3O2.C2H2O4/c1-5-6-10-17(4)11-12-13(8-7-9-15-12)19-14(18)16(2)3;3-1(4)2(5)6/h7-9H,5-6,10-11H2,1-4H3;(H,3,4)(H,5,6). The zero-order valence-electron chi connectivity index (χ0n) is 14.9. The Bertz CT molecular complexity index is 565. The molecule has 2 N–H and O–H groups in total. The van der Waals surface area contributed by atoms with Gasteiger partial charge in [0.1, 0.15) is 0 Å². The van der Waals surface area contributed by atoms with Crippen LogP contribution < -0.4 is 4.74 Å². The van der Waals surface area contributed by atoms with Gasteiger partial charge < -0.3 is 24.7 Å². The second-order valence-corrected chi connectivity index (χ2v) is 5.41. The van der Waals surface area contributed by atoms with Crippen molar-refractivity contribution in [2.75, 3.05) is 27.7 Å². The van der Waals surface area contributed by atoms with Crippen LogP contribution in [0.15, 0.2) is 18.3 Å². The van der Waals surface area contributed by atoms with Crippen molar-refractivity contribution in [2.24, 2.45) is 0 Å². The lowest BCUT2D eigenvalue weighted by Crippen LogP contribution is -2.26. The predicted octanol–water partition coefficient (Wildman–Crippen LogP) is 1.53. The van der Waals surface area contributed by atoms with Crippen LogP contribution in [-0.4, -0.2) is 70.7 Å². The molecule has 0 radical (unpaired) electrons. The van der Waals surface area contributed by atoms with E-state index in [0.717, 1.165) is 25.1 Å². The van der Waals surface area contributed by atoms with E-state index in [1.54, 1.807) is 32.4 Å². The maximum Gasteiger partial charge on any atom is 0.414 e. The number of nitrogens with zero attached hydrogens (tertiary/aromatic N) is 3. The molecule has 0 atom stereocenters. The molecular formula is C16H25N3O6. The Morgan fingerprint density at radius 2 is 1.76 bits per heavy atom. The van der Waals surface area contributed by atoms with E-state index in [4.69, 9.17) is 24.5 Å². The Morgan fingerprint density at radius 3 is 2.24 bits per heavy atom. The van der Waals surface area contributed by atoms with E-state index in [1.165, 1.54) is 4.90 Å². The van der Waals surface area contributed by atoms with Crippen LogP contribution in [0.4, 0.5) is 4.79 Å². The van der Waals surface area contributed by atoms with Gasteiger partial charge in [0.05, 0.1) is 5.69 Å². The number of aliphatic carboxylic acids is 2. The Morgan fingerprint density at radius 1 is 1.16 bits per heavy atom. The van der Waals surface area contributed by atoms with E-state index in [0.29, 0.717) is 12.3 Å². The smallest absolute Gasteiger partial charge is 0.414 e. The number of rotatable bonds is 6. The van der Waals surface area contributed by atoms with Gasteiger partial charge in [-0.15, -0.1) is 0 Å². The third-order valence-corrected chi connectivity index (χ3v) is 2.91. The number of aromatic nitrogens is 1. The second-order valence-electron chi connectivity index (χ2n) is 5.41. The topological polar surface area (TPSA) is 120 Å². The van der Waals surface area contributed by atoms with E-state index in [-0.39, 0.29) is 6.09 Å². The summed E-state index contributed by atoms with van der Waals surface area (Å²) in [6, 6.07) is 3.55. The summed E-state index contributed by atoms with van der Waals surface area (Å²) in [7, 11) is 5.36. The Labute approximate surface area is 146 Å². The van der Waals surface area contributed by atoms with Crippen molar-refractivity contribution in [3.8, 4) is 5.75 Å². The number of carbonyl (C=O) groups excluding carboxylic acids is 1. The van der Waals surface area contributed by atoms with E-state index in [9.17, 15) is 4.79 Å². The molecule has 0 saturated carbocycles. The number of hydrogen-bond acceptors (Lipinski definition) is 6. The average Bonchev–Trinajstić information content (AvgIpc) is 2.55. The van der Waals surface area contributed by atoms with Gasteiger partial charge in [0.15, 0.2) is 5.75 Å². The number of hydrogen-bond donors (Lipinski definition) is 2. The van der Waals surface area contributed by atoms with Crippen LogP contribution in [0.25, 0.3) is 0 Å². The molecule has 140 valence electrons. The number of amides is 1. The van der Waals surface area contributed by atoms with Crippen LogP contribution in [0.3, 0.4) is 0 Å². The second kappa shape index (κ2) is 11.8. The summed E-state index contributed by atoms with van der Waals surface area (Å²) in [6.07, 6.45) is 3.65. The van der Waals surface area contributed by atoms with Crippen LogP contribution in [-0.2, 0) is 16.1 Å². The van der Waals surface area contributed by atoms with E-state index in [1.807, 2.05) is 7.05 Å². The van der Waals surface area contributed by atoms with Gasteiger partial charge in [-0.25, -0.2) is 14.4 Å². The molecule has 0 aliphatic carbocycles. The van der Waals surface area contributed by atoms with Gasteiger partial charge in [-0.1, -0.05) is 13.3 Å². The molecule has 0 bridgehead atoms. The lowest BCUT2D eigenvalue weighted by atomic mass is 10.3. The molecule has 1 aromatic rings. The molecule has 0 aliphatic heterocycles. The quantitative estimate of drug-likeness (QED) is 0.737. The number of ether oxygens (including phenoxy) is 1. The highest BCUT2D eigenvalue weighted by molar-refractivity contribution is 6.27. The molecule has 1 rings (SSSR count). The molecule has 1 amide bonds. The summed E-state index contributed by atoms with van der Waals surface area (Å²) >= 11 is 0. The lowest BCUT2D eigenvalue weighted by molar-refractivity contribution is -0.159. The first-order valence-corrected chi connectivity index (χ1v) is 7.66. The maximum absolute atomic E-state index is 11.6. The summed E-state index contributed by atoms with van der Waals surface area (Å²) in [5.74, 6) is -3.12. The normalized spacial score (nSPS) is 9.80. The number of carbonyl (C=O) groups is 3. The molecule has 0 unspecified atom stereocenters. The van der Waals surface area contributed by atoms with Crippen LogP contribution >= 0.6 is 0 Å². The van der Waals surface area contributed by atoms with Crippen LogP contribution in [0.5, 0.6) is 5.75 Å². The third kappa shape index (κ3) is 9.92. The Hall–Kier alpha value is -2.68. The van der Waals surface area contributed by atoms with Gasteiger partial charge in [0.25, 0.3) is 0 Å². The number of pyridine rings is 1. The Kier molecular flexibility index (Phi) is 10.5. The summed E-state index contributed by atoms with van der Waals surface area (Å²) in [6.45, 7) is 3.85. The molecule has 0 aromatic carbocycles. The first-order chi connectivity index (χ1) is 11.7. The van der Waals surface area contributed by atoms with E-state index < -0.39 is 11.9 Å². The average molecular weight is 355 g/mol. The fourth-order valence-corrected chi connectivity index (χ4v) is 1.58. The molecule has 0 saturated heterocycles. The van der Waals surface area contributed by atoms with Crippen molar-refractivity contribution in [2.45, 2.75) is 26.3 Å². The van der Waals surface area contributed by atoms with Crippen LogP contribution in [0.2, 0.25) is 0 Å². The summed E-state index contributed by atoms with van der Waals surface area (Å²) in [5, 5.41) is 14.8. The van der Waals surface area contributed by atoms with Gasteiger partial charge in [-0.05, 0) is 32.1 Å². The molecule has 9 heteroatoms. The van der Waals surface area contributed by atoms with Gasteiger partial charge >= 0.3 is 18.0 Å². The third-order valence-electron chi connectivity index (χ3n) is 2.91. The van der Waals surface area contributed by atoms with Crippen molar-refractivity contribution in [3.05, 3.63) is 24.0 Å². The number of carboxylic acids is 2. The molecule has 25 heavy (non-hydrogen) atoms. The van der Waals surface area contributed by atoms with Crippen molar-refractivity contribution < 1.29 is 29.3 Å². The largest absolute Gasteiger partial charge is 0.473 e. The highest BCUT2D eigenvalue weighted by Crippen LogP contribution is 2.17. The lowest BCUT2D eigenvalue weighted by Gasteiger charge is -2.18. The summed E-state index contributed by atoms with van der Waals surface area (Å²) < 4.78 is 5.31. The molecule has 0 aliphatic rings. The first-order valence-electron chi connectivity index (χ1n) is 7.66. The van der Waals surface area contributed by atoms with Crippen LogP contribution in [0.1, 0.15) is 25.5 Å². The van der Waals surface area contributed by atoms with Gasteiger partial charge in [-0.2, -0.15) is 0 Å². The number of carboxylic acid groups (broad SMARTS) is 2. The molecular weight excluding hydrogens is 330 g/mol. The van der Waals surface area contributed by atoms with Crippen molar-refractivity contribution in [1.29, 1.82) is 0 Å². The SMILES string of the molecule is CCCCN(C)Cc1ncccc1OC(=O)N(C)C.O=C(O)C(=O)O. The Balaban J connectivity index is 0.000000823. The highest BCUT2D eigenvalue weighted by Gasteiger charge is 2.12. The molecule has 0 spiro atoms. The minimum Gasteiger partial charge on any atom is -0.473 e. The monoisotopic (exact) mass is 355 g/mol.